The monoisotopic (exact) mass is 253 g/mol. The van der Waals surface area contributed by atoms with Crippen LogP contribution in [0.5, 0.6) is 0 Å². The standard InChI is InChI=1S/C13H23N3O2/c1-15(10-12(17)16-7-2-3-8-16)13(18)11-5-4-6-14-9-11/h11,14H,2-10H2,1H3/t11-/m0/s1. The van der Waals surface area contributed by atoms with Gasteiger partial charge in [0.1, 0.15) is 0 Å². The molecule has 2 heterocycles. The number of carbonyl (C=O) groups is 2. The van der Waals surface area contributed by atoms with Crippen molar-refractivity contribution in [3.05, 3.63) is 0 Å². The summed E-state index contributed by atoms with van der Waals surface area (Å²) in [7, 11) is 1.74. The fraction of sp³-hybridized carbons (Fsp3) is 0.846. The Morgan fingerprint density at radius 3 is 2.61 bits per heavy atom. The lowest BCUT2D eigenvalue weighted by Gasteiger charge is -2.27. The minimum absolute atomic E-state index is 0.0510. The summed E-state index contributed by atoms with van der Waals surface area (Å²) in [5, 5.41) is 3.24. The molecule has 0 aromatic heterocycles. The Morgan fingerprint density at radius 2 is 2.00 bits per heavy atom. The topological polar surface area (TPSA) is 52.7 Å². The molecule has 0 aromatic rings. The van der Waals surface area contributed by atoms with E-state index in [-0.39, 0.29) is 24.3 Å². The molecular weight excluding hydrogens is 230 g/mol. The van der Waals surface area contributed by atoms with Crippen LogP contribution >= 0.6 is 0 Å². The molecule has 102 valence electrons. The van der Waals surface area contributed by atoms with Gasteiger partial charge in [0.05, 0.1) is 12.5 Å². The van der Waals surface area contributed by atoms with Crippen LogP contribution in [-0.2, 0) is 9.59 Å². The second-order valence-corrected chi connectivity index (χ2v) is 5.33. The van der Waals surface area contributed by atoms with Crippen LogP contribution in [0.3, 0.4) is 0 Å². The maximum Gasteiger partial charge on any atom is 0.242 e. The first-order chi connectivity index (χ1) is 8.68. The third kappa shape index (κ3) is 3.22. The van der Waals surface area contributed by atoms with E-state index in [1.165, 1.54) is 0 Å². The number of nitrogens with one attached hydrogen (secondary N) is 1. The zero-order chi connectivity index (χ0) is 13.0. The largest absolute Gasteiger partial charge is 0.341 e. The van der Waals surface area contributed by atoms with Gasteiger partial charge in [0.15, 0.2) is 0 Å². The van der Waals surface area contributed by atoms with Crippen molar-refractivity contribution in [1.82, 2.24) is 15.1 Å². The lowest BCUT2D eigenvalue weighted by molar-refractivity contribution is -0.141. The van der Waals surface area contributed by atoms with Crippen molar-refractivity contribution in [2.24, 2.45) is 5.92 Å². The van der Waals surface area contributed by atoms with Crippen LogP contribution in [0.15, 0.2) is 0 Å². The molecule has 2 fully saturated rings. The van der Waals surface area contributed by atoms with Gasteiger partial charge in [0, 0.05) is 26.7 Å². The zero-order valence-electron chi connectivity index (χ0n) is 11.2. The summed E-state index contributed by atoms with van der Waals surface area (Å²) in [6.45, 7) is 3.69. The van der Waals surface area contributed by atoms with Crippen molar-refractivity contribution in [2.75, 3.05) is 39.8 Å². The molecule has 0 unspecified atom stereocenters. The number of likely N-dealkylation sites (tertiary alicyclic amines) is 1. The van der Waals surface area contributed by atoms with Crippen molar-refractivity contribution in [2.45, 2.75) is 25.7 Å². The van der Waals surface area contributed by atoms with Gasteiger partial charge in [-0.1, -0.05) is 0 Å². The van der Waals surface area contributed by atoms with E-state index in [9.17, 15) is 9.59 Å². The molecule has 0 spiro atoms. The van der Waals surface area contributed by atoms with Gasteiger partial charge in [-0.05, 0) is 32.2 Å². The zero-order valence-corrected chi connectivity index (χ0v) is 11.2. The van der Waals surface area contributed by atoms with Crippen LogP contribution < -0.4 is 5.32 Å². The summed E-state index contributed by atoms with van der Waals surface area (Å²) >= 11 is 0. The second-order valence-electron chi connectivity index (χ2n) is 5.33. The Kier molecular flexibility index (Phi) is 4.58. The Hall–Kier alpha value is -1.10. The quantitative estimate of drug-likeness (QED) is 0.774. The highest BCUT2D eigenvalue weighted by atomic mass is 16.2. The van der Waals surface area contributed by atoms with E-state index in [4.69, 9.17) is 0 Å². The van der Waals surface area contributed by atoms with E-state index >= 15 is 0 Å². The molecule has 2 saturated heterocycles. The average Bonchev–Trinajstić information content (AvgIpc) is 2.92. The Morgan fingerprint density at radius 1 is 1.28 bits per heavy atom. The summed E-state index contributed by atoms with van der Waals surface area (Å²) in [5.41, 5.74) is 0. The number of likely N-dealkylation sites (N-methyl/N-ethyl adjacent to an activating group) is 1. The first kappa shape index (κ1) is 13.3. The Balaban J connectivity index is 1.80. The Labute approximate surface area is 108 Å². The van der Waals surface area contributed by atoms with E-state index in [0.29, 0.717) is 0 Å². The van der Waals surface area contributed by atoms with Gasteiger partial charge < -0.3 is 15.1 Å². The van der Waals surface area contributed by atoms with E-state index in [1.54, 1.807) is 11.9 Å². The van der Waals surface area contributed by atoms with Crippen molar-refractivity contribution >= 4 is 11.8 Å². The predicted molar refractivity (Wildman–Crippen MR) is 69.0 cm³/mol. The van der Waals surface area contributed by atoms with E-state index in [1.807, 2.05) is 4.90 Å². The maximum absolute atomic E-state index is 12.2. The fourth-order valence-corrected chi connectivity index (χ4v) is 2.72. The number of hydrogen-bond acceptors (Lipinski definition) is 3. The van der Waals surface area contributed by atoms with Crippen LogP contribution in [0, 0.1) is 5.92 Å². The summed E-state index contributed by atoms with van der Waals surface area (Å²) in [6, 6.07) is 0. The molecule has 18 heavy (non-hydrogen) atoms. The SMILES string of the molecule is CN(CC(=O)N1CCCC1)C(=O)[C@H]1CCCNC1. The first-order valence-electron chi connectivity index (χ1n) is 6.92. The van der Waals surface area contributed by atoms with Crippen molar-refractivity contribution in [3.8, 4) is 0 Å². The second kappa shape index (κ2) is 6.18. The van der Waals surface area contributed by atoms with E-state index in [0.717, 1.165) is 51.9 Å². The number of rotatable bonds is 3. The smallest absolute Gasteiger partial charge is 0.242 e. The van der Waals surface area contributed by atoms with Crippen molar-refractivity contribution < 1.29 is 9.59 Å². The van der Waals surface area contributed by atoms with Gasteiger partial charge in [0.25, 0.3) is 0 Å². The molecule has 1 N–H and O–H groups in total. The van der Waals surface area contributed by atoms with Crippen LogP contribution in [0.25, 0.3) is 0 Å². The molecule has 0 saturated carbocycles. The summed E-state index contributed by atoms with van der Waals surface area (Å²) in [6.07, 6.45) is 4.17. The molecule has 0 radical (unpaired) electrons. The van der Waals surface area contributed by atoms with E-state index < -0.39 is 0 Å². The third-order valence-electron chi connectivity index (χ3n) is 3.85. The molecule has 2 rings (SSSR count). The van der Waals surface area contributed by atoms with Gasteiger partial charge >= 0.3 is 0 Å². The Bertz CT molecular complexity index is 307. The molecule has 5 nitrogen and oxygen atoms in total. The molecule has 2 aliphatic heterocycles. The molecule has 5 heteroatoms. The highest BCUT2D eigenvalue weighted by Crippen LogP contribution is 2.13. The number of piperidine rings is 1. The molecule has 0 aliphatic carbocycles. The summed E-state index contributed by atoms with van der Waals surface area (Å²) in [4.78, 5) is 27.6. The maximum atomic E-state index is 12.2. The molecule has 0 bridgehead atoms. The molecule has 2 aliphatic rings. The van der Waals surface area contributed by atoms with Gasteiger partial charge in [-0.2, -0.15) is 0 Å². The molecule has 0 aromatic carbocycles. The average molecular weight is 253 g/mol. The highest BCUT2D eigenvalue weighted by Gasteiger charge is 2.26. The first-order valence-corrected chi connectivity index (χ1v) is 6.92. The minimum atomic E-state index is 0.0510. The number of carbonyl (C=O) groups excluding carboxylic acids is 2. The lowest BCUT2D eigenvalue weighted by Crippen LogP contribution is -2.45. The van der Waals surface area contributed by atoms with Crippen LogP contribution in [0.1, 0.15) is 25.7 Å². The van der Waals surface area contributed by atoms with Gasteiger partial charge in [-0.15, -0.1) is 0 Å². The van der Waals surface area contributed by atoms with Crippen molar-refractivity contribution in [3.63, 3.8) is 0 Å². The van der Waals surface area contributed by atoms with Crippen LogP contribution in [0.4, 0.5) is 0 Å². The summed E-state index contributed by atoms with van der Waals surface area (Å²) in [5.74, 6) is 0.247. The third-order valence-corrected chi connectivity index (χ3v) is 3.85. The number of amides is 2. The predicted octanol–water partition coefficient (Wildman–Crippen LogP) is 0.0668. The van der Waals surface area contributed by atoms with Gasteiger partial charge in [0.2, 0.25) is 11.8 Å². The van der Waals surface area contributed by atoms with Gasteiger partial charge in [-0.25, -0.2) is 0 Å². The number of nitrogens with zero attached hydrogens (tertiary/aromatic N) is 2. The lowest BCUT2D eigenvalue weighted by atomic mass is 9.98. The number of hydrogen-bond donors (Lipinski definition) is 1. The highest BCUT2D eigenvalue weighted by molar-refractivity contribution is 5.86. The molecular formula is C13H23N3O2. The summed E-state index contributed by atoms with van der Waals surface area (Å²) < 4.78 is 0. The van der Waals surface area contributed by atoms with Gasteiger partial charge in [-0.3, -0.25) is 9.59 Å². The minimum Gasteiger partial charge on any atom is -0.341 e. The van der Waals surface area contributed by atoms with Crippen LogP contribution in [0.2, 0.25) is 0 Å². The fourth-order valence-electron chi connectivity index (χ4n) is 2.72. The van der Waals surface area contributed by atoms with Crippen LogP contribution in [-0.4, -0.2) is 61.4 Å². The molecule has 2 amide bonds. The normalized spacial score (nSPS) is 24.1. The van der Waals surface area contributed by atoms with Crippen molar-refractivity contribution in [1.29, 1.82) is 0 Å². The van der Waals surface area contributed by atoms with E-state index in [2.05, 4.69) is 5.32 Å². The molecule has 1 atom stereocenters.